The number of anilines is 2. The van der Waals surface area contributed by atoms with Gasteiger partial charge in [-0.3, -0.25) is 9.59 Å². The third kappa shape index (κ3) is 4.37. The van der Waals surface area contributed by atoms with Crippen LogP contribution in [0, 0.1) is 0 Å². The highest BCUT2D eigenvalue weighted by Crippen LogP contribution is 2.26. The Hall–Kier alpha value is -1.83. The maximum absolute atomic E-state index is 12.2. The molecule has 0 saturated heterocycles. The number of nitrogens with one attached hydrogen (secondary N) is 2. The van der Waals surface area contributed by atoms with Gasteiger partial charge >= 0.3 is 0 Å². The molecule has 7 nitrogen and oxygen atoms in total. The van der Waals surface area contributed by atoms with E-state index in [0.717, 1.165) is 0 Å². The highest BCUT2D eigenvalue weighted by molar-refractivity contribution is 7.18. The van der Waals surface area contributed by atoms with Crippen LogP contribution in [0.5, 0.6) is 0 Å². The third-order valence-corrected chi connectivity index (χ3v) is 3.35. The quantitative estimate of drug-likeness (QED) is 0.720. The van der Waals surface area contributed by atoms with Gasteiger partial charge < -0.3 is 21.3 Å². The summed E-state index contributed by atoms with van der Waals surface area (Å²) in [5, 5.41) is 6.34. The first-order valence-electron chi connectivity index (χ1n) is 6.40. The number of likely N-dealkylation sites (N-methyl/N-ethyl adjacent to an activating group) is 2. The number of carbonyl (C=O) groups excluding carboxylic acids is 2. The minimum absolute atomic E-state index is 0.00302. The van der Waals surface area contributed by atoms with Gasteiger partial charge in [-0.1, -0.05) is 11.3 Å². The van der Waals surface area contributed by atoms with Crippen LogP contribution in [-0.2, 0) is 4.79 Å². The van der Waals surface area contributed by atoms with Gasteiger partial charge in [-0.25, -0.2) is 4.98 Å². The van der Waals surface area contributed by atoms with E-state index >= 15 is 0 Å². The number of amides is 2. The maximum Gasteiger partial charge on any atom is 0.268 e. The topological polar surface area (TPSA) is 100 Å². The Morgan fingerprint density at radius 3 is 2.65 bits per heavy atom. The van der Waals surface area contributed by atoms with E-state index in [-0.39, 0.29) is 30.2 Å². The molecule has 0 unspecified atom stereocenters. The highest BCUT2D eigenvalue weighted by atomic mass is 32.1. The van der Waals surface area contributed by atoms with Gasteiger partial charge in [0.1, 0.15) is 10.7 Å². The van der Waals surface area contributed by atoms with Crippen molar-refractivity contribution in [2.24, 2.45) is 0 Å². The van der Waals surface area contributed by atoms with E-state index in [4.69, 9.17) is 5.73 Å². The molecule has 1 aromatic heterocycles. The molecule has 0 aliphatic rings. The standard InChI is InChI=1S/C12H21N5O2S/c1-5-14-8(18)6-17(4)11(19)9-10(13)16-12(20-9)15-7(2)3/h7H,5-6,13H2,1-4H3,(H,14,18)(H,15,16). The van der Waals surface area contributed by atoms with Gasteiger partial charge in [0.15, 0.2) is 5.13 Å². The summed E-state index contributed by atoms with van der Waals surface area (Å²) < 4.78 is 0. The maximum atomic E-state index is 12.2. The van der Waals surface area contributed by atoms with Gasteiger partial charge in [0.25, 0.3) is 5.91 Å². The number of hydrogen-bond donors (Lipinski definition) is 3. The van der Waals surface area contributed by atoms with Crippen LogP contribution in [0.25, 0.3) is 0 Å². The number of nitrogens with two attached hydrogens (primary N) is 1. The fourth-order valence-electron chi connectivity index (χ4n) is 1.51. The van der Waals surface area contributed by atoms with Gasteiger partial charge in [0.05, 0.1) is 6.54 Å². The first-order chi connectivity index (χ1) is 9.35. The van der Waals surface area contributed by atoms with Crippen molar-refractivity contribution in [3.63, 3.8) is 0 Å². The molecule has 0 saturated carbocycles. The SMILES string of the molecule is CCNC(=O)CN(C)C(=O)c1sc(NC(C)C)nc1N. The molecule has 0 aliphatic heterocycles. The molecule has 0 bridgehead atoms. The van der Waals surface area contributed by atoms with Crippen LogP contribution >= 0.6 is 11.3 Å². The van der Waals surface area contributed by atoms with Crippen molar-refractivity contribution in [3.05, 3.63) is 4.88 Å². The summed E-state index contributed by atoms with van der Waals surface area (Å²) in [7, 11) is 1.56. The Morgan fingerprint density at radius 2 is 2.10 bits per heavy atom. The zero-order valence-electron chi connectivity index (χ0n) is 12.2. The molecule has 8 heteroatoms. The molecule has 112 valence electrons. The highest BCUT2D eigenvalue weighted by Gasteiger charge is 2.21. The minimum atomic E-state index is -0.303. The Morgan fingerprint density at radius 1 is 1.45 bits per heavy atom. The second-order valence-corrected chi connectivity index (χ2v) is 5.65. The molecule has 20 heavy (non-hydrogen) atoms. The molecule has 0 aliphatic carbocycles. The second kappa shape index (κ2) is 7.09. The smallest absolute Gasteiger partial charge is 0.268 e. The van der Waals surface area contributed by atoms with Crippen LogP contribution in [-0.4, -0.2) is 47.9 Å². The van der Waals surface area contributed by atoms with Gasteiger partial charge in [0, 0.05) is 19.6 Å². The van der Waals surface area contributed by atoms with Crippen molar-refractivity contribution in [1.82, 2.24) is 15.2 Å². The zero-order chi connectivity index (χ0) is 15.3. The molecule has 0 aromatic carbocycles. The monoisotopic (exact) mass is 299 g/mol. The van der Waals surface area contributed by atoms with Crippen LogP contribution in [0.3, 0.4) is 0 Å². The molecule has 4 N–H and O–H groups in total. The predicted octanol–water partition coefficient (Wildman–Crippen LogP) is 0.754. The lowest BCUT2D eigenvalue weighted by molar-refractivity contribution is -0.121. The van der Waals surface area contributed by atoms with Gasteiger partial charge in [-0.15, -0.1) is 0 Å². The van der Waals surface area contributed by atoms with E-state index in [1.807, 2.05) is 20.8 Å². The molecule has 2 amide bonds. The Labute approximate surface area is 122 Å². The van der Waals surface area contributed by atoms with Crippen LogP contribution < -0.4 is 16.4 Å². The summed E-state index contributed by atoms with van der Waals surface area (Å²) in [5.41, 5.74) is 5.76. The number of aromatic nitrogens is 1. The molecule has 1 aromatic rings. The molecular formula is C12H21N5O2S. The average Bonchev–Trinajstić information content (AvgIpc) is 2.68. The van der Waals surface area contributed by atoms with Crippen molar-refractivity contribution in [2.45, 2.75) is 26.8 Å². The van der Waals surface area contributed by atoms with Gasteiger partial charge in [0.2, 0.25) is 5.91 Å². The second-order valence-electron chi connectivity index (χ2n) is 4.65. The Bertz CT molecular complexity index is 486. The van der Waals surface area contributed by atoms with Crippen molar-refractivity contribution in [1.29, 1.82) is 0 Å². The zero-order valence-corrected chi connectivity index (χ0v) is 13.0. The lowest BCUT2D eigenvalue weighted by Crippen LogP contribution is -2.38. The van der Waals surface area contributed by atoms with Crippen molar-refractivity contribution in [3.8, 4) is 0 Å². The molecule has 1 rings (SSSR count). The van der Waals surface area contributed by atoms with E-state index in [0.29, 0.717) is 16.6 Å². The summed E-state index contributed by atoms with van der Waals surface area (Å²) >= 11 is 1.19. The van der Waals surface area contributed by atoms with Crippen LogP contribution in [0.15, 0.2) is 0 Å². The number of nitrogen functional groups attached to an aromatic ring is 1. The average molecular weight is 299 g/mol. The fourth-order valence-corrected chi connectivity index (χ4v) is 2.53. The van der Waals surface area contributed by atoms with Gasteiger partial charge in [-0.2, -0.15) is 0 Å². The minimum Gasteiger partial charge on any atom is -0.382 e. The number of thiazole rings is 1. The van der Waals surface area contributed by atoms with Crippen molar-refractivity contribution < 1.29 is 9.59 Å². The molecule has 1 heterocycles. The molecule has 0 radical (unpaired) electrons. The van der Waals surface area contributed by atoms with E-state index in [2.05, 4.69) is 15.6 Å². The predicted molar refractivity (Wildman–Crippen MR) is 80.9 cm³/mol. The largest absolute Gasteiger partial charge is 0.382 e. The van der Waals surface area contributed by atoms with E-state index < -0.39 is 0 Å². The van der Waals surface area contributed by atoms with E-state index in [9.17, 15) is 9.59 Å². The summed E-state index contributed by atoms with van der Waals surface area (Å²) in [6, 6.07) is 0.205. The van der Waals surface area contributed by atoms with E-state index in [1.54, 1.807) is 7.05 Å². The van der Waals surface area contributed by atoms with E-state index in [1.165, 1.54) is 16.2 Å². The normalized spacial score (nSPS) is 10.4. The summed E-state index contributed by atoms with van der Waals surface area (Å²) in [5.74, 6) is -0.319. The summed E-state index contributed by atoms with van der Waals surface area (Å²) in [6.45, 7) is 6.30. The fraction of sp³-hybridized carbons (Fsp3) is 0.583. The Balaban J connectivity index is 2.76. The molecular weight excluding hydrogens is 278 g/mol. The third-order valence-electron chi connectivity index (χ3n) is 2.36. The number of rotatable bonds is 6. The lowest BCUT2D eigenvalue weighted by atomic mass is 10.4. The van der Waals surface area contributed by atoms with Crippen molar-refractivity contribution >= 4 is 34.1 Å². The number of nitrogens with zero attached hydrogens (tertiary/aromatic N) is 2. The van der Waals surface area contributed by atoms with Gasteiger partial charge in [-0.05, 0) is 20.8 Å². The lowest BCUT2D eigenvalue weighted by Gasteiger charge is -2.15. The summed E-state index contributed by atoms with van der Waals surface area (Å²) in [6.07, 6.45) is 0. The number of hydrogen-bond acceptors (Lipinski definition) is 6. The first-order valence-corrected chi connectivity index (χ1v) is 7.21. The summed E-state index contributed by atoms with van der Waals surface area (Å²) in [4.78, 5) is 29.5. The molecule has 0 atom stereocenters. The van der Waals surface area contributed by atoms with Crippen LogP contribution in [0.2, 0.25) is 0 Å². The van der Waals surface area contributed by atoms with Crippen LogP contribution in [0.4, 0.5) is 10.9 Å². The molecule has 0 fully saturated rings. The first kappa shape index (κ1) is 16.2. The molecule has 0 spiro atoms. The Kier molecular flexibility index (Phi) is 5.75. The van der Waals surface area contributed by atoms with Crippen LogP contribution in [0.1, 0.15) is 30.4 Å². The van der Waals surface area contributed by atoms with Crippen molar-refractivity contribution in [2.75, 3.05) is 31.2 Å². The number of carbonyl (C=O) groups is 2.